The molecular formula is C19H26N2O6. The molecule has 1 aromatic carbocycles. The van der Waals surface area contributed by atoms with Crippen molar-refractivity contribution in [3.05, 3.63) is 23.8 Å². The second-order valence-electron chi connectivity index (χ2n) is 7.26. The van der Waals surface area contributed by atoms with Gasteiger partial charge in [0.15, 0.2) is 17.6 Å². The van der Waals surface area contributed by atoms with Crippen LogP contribution < -0.4 is 14.8 Å². The van der Waals surface area contributed by atoms with Crippen LogP contribution in [-0.4, -0.2) is 68.9 Å². The Kier molecular flexibility index (Phi) is 5.57. The molecule has 0 unspecified atom stereocenters. The van der Waals surface area contributed by atoms with E-state index in [1.807, 2.05) is 13.8 Å². The summed E-state index contributed by atoms with van der Waals surface area (Å²) in [7, 11) is 3.09. The normalized spacial score (nSPS) is 24.9. The maximum atomic E-state index is 13.1. The lowest BCUT2D eigenvalue weighted by Crippen LogP contribution is -2.58. The van der Waals surface area contributed by atoms with Crippen LogP contribution in [0.3, 0.4) is 0 Å². The molecule has 2 heterocycles. The number of nitrogens with zero attached hydrogens (tertiary/aromatic N) is 1. The van der Waals surface area contributed by atoms with Crippen LogP contribution in [0.2, 0.25) is 0 Å². The molecule has 0 saturated carbocycles. The highest BCUT2D eigenvalue weighted by Crippen LogP contribution is 2.33. The number of carbonyl (C=O) groups excluding carboxylic acids is 2. The Morgan fingerprint density at radius 3 is 2.67 bits per heavy atom. The number of amides is 2. The first kappa shape index (κ1) is 19.4. The second kappa shape index (κ2) is 7.74. The highest BCUT2D eigenvalue weighted by atomic mass is 16.5. The molecule has 8 nitrogen and oxygen atoms in total. The summed E-state index contributed by atoms with van der Waals surface area (Å²) in [5, 5.41) is 2.87. The van der Waals surface area contributed by atoms with E-state index >= 15 is 0 Å². The summed E-state index contributed by atoms with van der Waals surface area (Å²) in [6.07, 6.45) is -0.810. The Balaban J connectivity index is 1.87. The van der Waals surface area contributed by atoms with E-state index in [9.17, 15) is 9.59 Å². The van der Waals surface area contributed by atoms with Gasteiger partial charge < -0.3 is 29.2 Å². The van der Waals surface area contributed by atoms with Crippen LogP contribution in [0.1, 0.15) is 25.5 Å². The third-order valence-corrected chi connectivity index (χ3v) is 4.76. The monoisotopic (exact) mass is 378 g/mol. The first-order valence-corrected chi connectivity index (χ1v) is 8.90. The lowest BCUT2D eigenvalue weighted by atomic mass is 9.97. The largest absolute Gasteiger partial charge is 0.493 e. The van der Waals surface area contributed by atoms with Crippen molar-refractivity contribution in [3.63, 3.8) is 0 Å². The van der Waals surface area contributed by atoms with Crippen LogP contribution in [-0.2, 0) is 19.1 Å². The highest BCUT2D eigenvalue weighted by molar-refractivity contribution is 5.86. The van der Waals surface area contributed by atoms with Gasteiger partial charge in [-0.05, 0) is 31.5 Å². The van der Waals surface area contributed by atoms with Crippen molar-refractivity contribution < 1.29 is 28.5 Å². The number of carbonyl (C=O) groups is 2. The SMILES string of the molecule is COc1ccc([C@H]2NC(=O)CO[C@@H]2C(=O)N2CCOC(C)(C)C2)cc1OC. The fourth-order valence-electron chi connectivity index (χ4n) is 3.46. The van der Waals surface area contributed by atoms with Crippen molar-refractivity contribution in [2.45, 2.75) is 31.6 Å². The average Bonchev–Trinajstić information content (AvgIpc) is 2.66. The molecule has 1 N–H and O–H groups in total. The van der Waals surface area contributed by atoms with Crippen molar-refractivity contribution in [2.75, 3.05) is 40.5 Å². The predicted octanol–water partition coefficient (Wildman–Crippen LogP) is 0.897. The molecule has 2 fully saturated rings. The topological polar surface area (TPSA) is 86.3 Å². The van der Waals surface area contributed by atoms with Gasteiger partial charge in [-0.25, -0.2) is 0 Å². The molecular weight excluding hydrogens is 352 g/mol. The molecule has 148 valence electrons. The zero-order valence-corrected chi connectivity index (χ0v) is 16.1. The summed E-state index contributed by atoms with van der Waals surface area (Å²) in [5.74, 6) is 0.669. The summed E-state index contributed by atoms with van der Waals surface area (Å²) < 4.78 is 21.9. The van der Waals surface area contributed by atoms with Gasteiger partial charge in [0, 0.05) is 13.1 Å². The van der Waals surface area contributed by atoms with Crippen LogP contribution in [0.15, 0.2) is 18.2 Å². The van der Waals surface area contributed by atoms with Crippen molar-refractivity contribution in [2.24, 2.45) is 0 Å². The van der Waals surface area contributed by atoms with E-state index in [-0.39, 0.29) is 18.4 Å². The number of benzene rings is 1. The predicted molar refractivity (Wildman–Crippen MR) is 96.8 cm³/mol. The zero-order valence-electron chi connectivity index (χ0n) is 16.1. The molecule has 2 saturated heterocycles. The first-order chi connectivity index (χ1) is 12.8. The van der Waals surface area contributed by atoms with Gasteiger partial charge in [-0.3, -0.25) is 9.59 Å². The molecule has 27 heavy (non-hydrogen) atoms. The van der Waals surface area contributed by atoms with Gasteiger partial charge in [0.2, 0.25) is 5.91 Å². The van der Waals surface area contributed by atoms with Gasteiger partial charge in [-0.2, -0.15) is 0 Å². The average molecular weight is 378 g/mol. The Morgan fingerprint density at radius 2 is 2.00 bits per heavy atom. The van der Waals surface area contributed by atoms with Crippen LogP contribution in [0.4, 0.5) is 0 Å². The number of hydrogen-bond acceptors (Lipinski definition) is 6. The van der Waals surface area contributed by atoms with Gasteiger partial charge in [-0.1, -0.05) is 6.07 Å². The third kappa shape index (κ3) is 4.17. The van der Waals surface area contributed by atoms with Crippen molar-refractivity contribution in [1.82, 2.24) is 10.2 Å². The number of rotatable bonds is 4. The van der Waals surface area contributed by atoms with Crippen LogP contribution in [0.25, 0.3) is 0 Å². The Morgan fingerprint density at radius 1 is 1.26 bits per heavy atom. The first-order valence-electron chi connectivity index (χ1n) is 8.90. The second-order valence-corrected chi connectivity index (χ2v) is 7.26. The lowest BCUT2D eigenvalue weighted by Gasteiger charge is -2.41. The molecule has 0 aromatic heterocycles. The molecule has 0 bridgehead atoms. The zero-order chi connectivity index (χ0) is 19.6. The molecule has 3 rings (SSSR count). The number of hydrogen-bond donors (Lipinski definition) is 1. The number of morpholine rings is 2. The van der Waals surface area contributed by atoms with Crippen LogP contribution >= 0.6 is 0 Å². The summed E-state index contributed by atoms with van der Waals surface area (Å²) >= 11 is 0. The summed E-state index contributed by atoms with van der Waals surface area (Å²) in [5.41, 5.74) is 0.302. The van der Waals surface area contributed by atoms with Gasteiger partial charge in [0.05, 0.1) is 32.5 Å². The number of ether oxygens (including phenoxy) is 4. The van der Waals surface area contributed by atoms with Crippen molar-refractivity contribution in [3.8, 4) is 11.5 Å². The molecule has 2 amide bonds. The van der Waals surface area contributed by atoms with Crippen molar-refractivity contribution in [1.29, 1.82) is 0 Å². The van der Waals surface area contributed by atoms with Gasteiger partial charge in [-0.15, -0.1) is 0 Å². The number of methoxy groups -OCH3 is 2. The van der Waals surface area contributed by atoms with Gasteiger partial charge in [0.1, 0.15) is 6.61 Å². The summed E-state index contributed by atoms with van der Waals surface area (Å²) in [4.78, 5) is 26.8. The summed E-state index contributed by atoms with van der Waals surface area (Å²) in [6, 6.07) is 4.69. The van der Waals surface area contributed by atoms with Crippen LogP contribution in [0.5, 0.6) is 11.5 Å². The Bertz CT molecular complexity index is 720. The minimum absolute atomic E-state index is 0.145. The maximum absolute atomic E-state index is 13.1. The molecule has 2 atom stereocenters. The van der Waals surface area contributed by atoms with E-state index in [1.165, 1.54) is 7.11 Å². The van der Waals surface area contributed by atoms with Gasteiger partial charge >= 0.3 is 0 Å². The number of nitrogens with one attached hydrogen (secondary N) is 1. The minimum atomic E-state index is -0.810. The van der Waals surface area contributed by atoms with E-state index in [1.54, 1.807) is 30.2 Å². The van der Waals surface area contributed by atoms with E-state index in [0.717, 1.165) is 0 Å². The highest BCUT2D eigenvalue weighted by Gasteiger charge is 2.41. The smallest absolute Gasteiger partial charge is 0.254 e. The standard InChI is InChI=1S/C19H26N2O6/c1-19(2)11-21(7-8-27-19)18(23)17-16(20-15(22)10-26-17)12-5-6-13(24-3)14(9-12)25-4/h5-6,9,16-17H,7-8,10-11H2,1-4H3,(H,20,22)/t16-,17+/m1/s1. The Hall–Kier alpha value is -2.32. The van der Waals surface area contributed by atoms with Gasteiger partial charge in [0.25, 0.3) is 5.91 Å². The molecule has 2 aliphatic heterocycles. The maximum Gasteiger partial charge on any atom is 0.254 e. The molecule has 0 spiro atoms. The fourth-order valence-corrected chi connectivity index (χ4v) is 3.46. The minimum Gasteiger partial charge on any atom is -0.493 e. The van der Waals surface area contributed by atoms with Crippen molar-refractivity contribution >= 4 is 11.8 Å². The molecule has 0 radical (unpaired) electrons. The van der Waals surface area contributed by atoms with E-state index in [4.69, 9.17) is 18.9 Å². The quantitative estimate of drug-likeness (QED) is 0.838. The third-order valence-electron chi connectivity index (χ3n) is 4.76. The Labute approximate surface area is 158 Å². The summed E-state index contributed by atoms with van der Waals surface area (Å²) in [6.45, 7) is 5.18. The van der Waals surface area contributed by atoms with E-state index in [0.29, 0.717) is 36.8 Å². The molecule has 2 aliphatic rings. The molecule has 8 heteroatoms. The fraction of sp³-hybridized carbons (Fsp3) is 0.579. The molecule has 0 aliphatic carbocycles. The van der Waals surface area contributed by atoms with E-state index < -0.39 is 17.7 Å². The molecule has 1 aromatic rings. The lowest BCUT2D eigenvalue weighted by molar-refractivity contribution is -0.165. The van der Waals surface area contributed by atoms with Crippen LogP contribution in [0, 0.1) is 0 Å². The van der Waals surface area contributed by atoms with E-state index in [2.05, 4.69) is 5.32 Å².